The van der Waals surface area contributed by atoms with Crippen molar-refractivity contribution >= 4 is 23.0 Å². The maximum absolute atomic E-state index is 13.2. The van der Waals surface area contributed by atoms with Crippen molar-refractivity contribution in [3.05, 3.63) is 81.9 Å². The number of piperazine rings is 1. The van der Waals surface area contributed by atoms with Gasteiger partial charge in [0.15, 0.2) is 0 Å². The molecule has 0 radical (unpaired) electrons. The highest BCUT2D eigenvalue weighted by Crippen LogP contribution is 2.33. The van der Waals surface area contributed by atoms with Crippen LogP contribution in [0.4, 0.5) is 27.4 Å². The van der Waals surface area contributed by atoms with Crippen molar-refractivity contribution in [2.45, 2.75) is 13.5 Å². The highest BCUT2D eigenvalue weighted by atomic mass is 19.1. The zero-order valence-electron chi connectivity index (χ0n) is 17.2. The molecule has 0 atom stereocenters. The minimum absolute atomic E-state index is 0.121. The maximum atomic E-state index is 13.2. The van der Waals surface area contributed by atoms with Crippen LogP contribution in [0, 0.1) is 22.9 Å². The molecule has 0 bridgehead atoms. The first-order chi connectivity index (χ1) is 15.0. The van der Waals surface area contributed by atoms with Crippen molar-refractivity contribution in [1.29, 1.82) is 0 Å². The summed E-state index contributed by atoms with van der Waals surface area (Å²) in [6.07, 6.45) is 1.35. The summed E-state index contributed by atoms with van der Waals surface area (Å²) in [6, 6.07) is 14.3. The molecule has 3 aromatic rings. The van der Waals surface area contributed by atoms with Gasteiger partial charge in [-0.25, -0.2) is 14.4 Å². The van der Waals surface area contributed by atoms with Gasteiger partial charge in [0.2, 0.25) is 11.6 Å². The largest absolute Gasteiger partial charge is 0.368 e. The molecule has 0 amide bonds. The SMILES string of the molecule is Cc1ccc(CNc2ncnc(N3CCN(c4ccc(F)cc4)CC3)c2[N+](=O)[O-])cc1. The number of nitrogens with one attached hydrogen (secondary N) is 1. The van der Waals surface area contributed by atoms with E-state index in [2.05, 4.69) is 20.2 Å². The molecule has 8 nitrogen and oxygen atoms in total. The zero-order chi connectivity index (χ0) is 21.8. The van der Waals surface area contributed by atoms with E-state index in [9.17, 15) is 14.5 Å². The Labute approximate surface area is 179 Å². The van der Waals surface area contributed by atoms with Gasteiger partial charge < -0.3 is 15.1 Å². The number of nitro groups is 1. The van der Waals surface area contributed by atoms with Gasteiger partial charge in [-0.05, 0) is 36.8 Å². The third-order valence-electron chi connectivity index (χ3n) is 5.34. The van der Waals surface area contributed by atoms with Crippen molar-refractivity contribution in [2.24, 2.45) is 0 Å². The van der Waals surface area contributed by atoms with E-state index in [0.29, 0.717) is 38.5 Å². The number of benzene rings is 2. The molecule has 0 spiro atoms. The Morgan fingerprint density at radius 1 is 1.00 bits per heavy atom. The van der Waals surface area contributed by atoms with Crippen LogP contribution in [0.25, 0.3) is 0 Å². The molecule has 1 aromatic heterocycles. The maximum Gasteiger partial charge on any atom is 0.353 e. The van der Waals surface area contributed by atoms with Crippen molar-refractivity contribution in [3.8, 4) is 0 Å². The summed E-state index contributed by atoms with van der Waals surface area (Å²) in [6.45, 7) is 4.86. The second-order valence-electron chi connectivity index (χ2n) is 7.44. The lowest BCUT2D eigenvalue weighted by atomic mass is 10.1. The molecule has 1 fully saturated rings. The first-order valence-corrected chi connectivity index (χ1v) is 10.1. The molecular formula is C22H23FN6O2. The summed E-state index contributed by atoms with van der Waals surface area (Å²) in [5.41, 5.74) is 2.97. The van der Waals surface area contributed by atoms with Crippen LogP contribution in [0.1, 0.15) is 11.1 Å². The third kappa shape index (κ3) is 4.71. The molecular weight excluding hydrogens is 399 g/mol. The average molecular weight is 422 g/mol. The van der Waals surface area contributed by atoms with Gasteiger partial charge in [-0.3, -0.25) is 10.1 Å². The molecule has 0 unspecified atom stereocenters. The van der Waals surface area contributed by atoms with Crippen LogP contribution in [0.5, 0.6) is 0 Å². The van der Waals surface area contributed by atoms with Crippen LogP contribution in [0.15, 0.2) is 54.9 Å². The number of nitrogens with zero attached hydrogens (tertiary/aromatic N) is 5. The first kappa shape index (κ1) is 20.5. The predicted octanol–water partition coefficient (Wildman–Crippen LogP) is 3.77. The minimum Gasteiger partial charge on any atom is -0.368 e. The van der Waals surface area contributed by atoms with Crippen LogP contribution in [-0.2, 0) is 6.54 Å². The van der Waals surface area contributed by atoms with Crippen LogP contribution in [0.2, 0.25) is 0 Å². The van der Waals surface area contributed by atoms with Gasteiger partial charge >= 0.3 is 5.69 Å². The summed E-state index contributed by atoms with van der Waals surface area (Å²) in [4.78, 5) is 23.8. The molecule has 0 saturated carbocycles. The summed E-state index contributed by atoms with van der Waals surface area (Å²) in [5, 5.41) is 15.0. The van der Waals surface area contributed by atoms with Gasteiger partial charge in [-0.1, -0.05) is 29.8 Å². The lowest BCUT2D eigenvalue weighted by molar-refractivity contribution is -0.383. The van der Waals surface area contributed by atoms with Crippen molar-refractivity contribution in [2.75, 3.05) is 41.3 Å². The summed E-state index contributed by atoms with van der Waals surface area (Å²) in [5.74, 6) is 0.242. The first-order valence-electron chi connectivity index (χ1n) is 10.1. The molecule has 1 aliphatic rings. The van der Waals surface area contributed by atoms with Crippen LogP contribution < -0.4 is 15.1 Å². The second-order valence-corrected chi connectivity index (χ2v) is 7.44. The number of halogens is 1. The van der Waals surface area contributed by atoms with Gasteiger partial charge in [0.05, 0.1) is 4.92 Å². The fraction of sp³-hybridized carbons (Fsp3) is 0.273. The molecule has 31 heavy (non-hydrogen) atoms. The monoisotopic (exact) mass is 422 g/mol. The van der Waals surface area contributed by atoms with E-state index in [4.69, 9.17) is 0 Å². The summed E-state index contributed by atoms with van der Waals surface area (Å²) in [7, 11) is 0. The quantitative estimate of drug-likeness (QED) is 0.478. The number of rotatable bonds is 6. The van der Waals surface area contributed by atoms with E-state index in [0.717, 1.165) is 16.8 Å². The topological polar surface area (TPSA) is 87.4 Å². The Balaban J connectivity index is 1.49. The molecule has 4 rings (SSSR count). The molecule has 1 saturated heterocycles. The Kier molecular flexibility index (Phi) is 5.92. The lowest BCUT2D eigenvalue weighted by Gasteiger charge is -2.36. The van der Waals surface area contributed by atoms with Gasteiger partial charge in [-0.15, -0.1) is 0 Å². The molecule has 9 heteroatoms. The number of aryl methyl sites for hydroxylation is 1. The molecule has 160 valence electrons. The van der Waals surface area contributed by atoms with Gasteiger partial charge in [0.1, 0.15) is 12.1 Å². The number of hydrogen-bond acceptors (Lipinski definition) is 7. The standard InChI is InChI=1S/C22H23FN6O2/c1-16-2-4-17(5-3-16)14-24-21-20(29(30)31)22(26-15-25-21)28-12-10-27(11-13-28)19-8-6-18(23)7-9-19/h2-9,15H,10-14H2,1H3,(H,24,25,26). The summed E-state index contributed by atoms with van der Waals surface area (Å²) < 4.78 is 13.2. The average Bonchev–Trinajstić information content (AvgIpc) is 2.79. The fourth-order valence-corrected chi connectivity index (χ4v) is 3.62. The molecule has 0 aliphatic carbocycles. The van der Waals surface area contributed by atoms with E-state index in [1.807, 2.05) is 36.1 Å². The van der Waals surface area contributed by atoms with Gasteiger partial charge in [0, 0.05) is 38.4 Å². The summed E-state index contributed by atoms with van der Waals surface area (Å²) >= 11 is 0. The smallest absolute Gasteiger partial charge is 0.353 e. The Hall–Kier alpha value is -3.75. The number of aromatic nitrogens is 2. The fourth-order valence-electron chi connectivity index (χ4n) is 3.62. The molecule has 1 aliphatic heterocycles. The predicted molar refractivity (Wildman–Crippen MR) is 118 cm³/mol. The molecule has 2 heterocycles. The highest BCUT2D eigenvalue weighted by Gasteiger charge is 2.29. The van der Waals surface area contributed by atoms with Crippen molar-refractivity contribution in [3.63, 3.8) is 0 Å². The third-order valence-corrected chi connectivity index (χ3v) is 5.34. The van der Waals surface area contributed by atoms with Crippen molar-refractivity contribution < 1.29 is 9.31 Å². The second kappa shape index (κ2) is 8.95. The lowest BCUT2D eigenvalue weighted by Crippen LogP contribution is -2.47. The molecule has 1 N–H and O–H groups in total. The van der Waals surface area contributed by atoms with E-state index in [1.54, 1.807) is 12.1 Å². The number of hydrogen-bond donors (Lipinski definition) is 1. The van der Waals surface area contributed by atoms with E-state index < -0.39 is 4.92 Å². The molecule has 2 aromatic carbocycles. The van der Waals surface area contributed by atoms with E-state index in [-0.39, 0.29) is 17.3 Å². The normalized spacial score (nSPS) is 13.9. The zero-order valence-corrected chi connectivity index (χ0v) is 17.2. The minimum atomic E-state index is -0.431. The highest BCUT2D eigenvalue weighted by molar-refractivity contribution is 5.70. The Morgan fingerprint density at radius 2 is 1.65 bits per heavy atom. The Morgan fingerprint density at radius 3 is 2.29 bits per heavy atom. The van der Waals surface area contributed by atoms with Gasteiger partial charge in [0.25, 0.3) is 0 Å². The van der Waals surface area contributed by atoms with E-state index >= 15 is 0 Å². The Bertz CT molecular complexity index is 1050. The number of anilines is 3. The van der Waals surface area contributed by atoms with Crippen molar-refractivity contribution in [1.82, 2.24) is 9.97 Å². The van der Waals surface area contributed by atoms with Crippen LogP contribution in [0.3, 0.4) is 0 Å². The van der Waals surface area contributed by atoms with Gasteiger partial charge in [-0.2, -0.15) is 0 Å². The van der Waals surface area contributed by atoms with Crippen LogP contribution in [-0.4, -0.2) is 41.1 Å². The van der Waals surface area contributed by atoms with Crippen LogP contribution >= 0.6 is 0 Å². The van der Waals surface area contributed by atoms with E-state index in [1.165, 1.54) is 18.5 Å².